The second kappa shape index (κ2) is 9.70. The van der Waals surface area contributed by atoms with Crippen LogP contribution in [0.2, 0.25) is 0 Å². The lowest BCUT2D eigenvalue weighted by atomic mass is 9.73. The molecule has 26 heavy (non-hydrogen) atoms. The predicted octanol–water partition coefficient (Wildman–Crippen LogP) is 2.01. The number of ether oxygens (including phenoxy) is 2. The molecule has 0 bridgehead atoms. The summed E-state index contributed by atoms with van der Waals surface area (Å²) >= 11 is 0. The number of hydrogen-bond acceptors (Lipinski definition) is 7. The maximum atomic E-state index is 12.4. The Morgan fingerprint density at radius 2 is 1.23 bits per heavy atom. The Labute approximate surface area is 152 Å². The van der Waals surface area contributed by atoms with Crippen molar-refractivity contribution in [3.63, 3.8) is 0 Å². The second-order valence-electron chi connectivity index (χ2n) is 5.80. The number of phenolic OH excluding ortho intramolecular Hbond substituents is 1. The van der Waals surface area contributed by atoms with Crippen molar-refractivity contribution in [2.24, 2.45) is 11.8 Å². The first kappa shape index (κ1) is 21.3. The van der Waals surface area contributed by atoms with Crippen LogP contribution < -0.4 is 0 Å². The third-order valence-corrected chi connectivity index (χ3v) is 3.95. The molecule has 0 saturated heterocycles. The van der Waals surface area contributed by atoms with Gasteiger partial charge < -0.3 is 14.6 Å². The minimum absolute atomic E-state index is 0.0291. The Hall–Kier alpha value is -2.70. The van der Waals surface area contributed by atoms with E-state index in [4.69, 9.17) is 9.47 Å². The first-order valence-electron chi connectivity index (χ1n) is 8.37. The van der Waals surface area contributed by atoms with Crippen molar-refractivity contribution in [3.8, 4) is 5.75 Å². The number of carbonyl (C=O) groups is 4. The zero-order chi connectivity index (χ0) is 19.9. The number of Topliss-reactive ketones (excluding diaryl/α,β-unsaturated/α-hetero) is 2. The van der Waals surface area contributed by atoms with E-state index >= 15 is 0 Å². The molecule has 142 valence electrons. The van der Waals surface area contributed by atoms with Crippen LogP contribution in [0.3, 0.4) is 0 Å². The van der Waals surface area contributed by atoms with Gasteiger partial charge in [0.15, 0.2) is 0 Å². The summed E-state index contributed by atoms with van der Waals surface area (Å²) in [6, 6.07) is 5.63. The number of aromatic hydroxyl groups is 1. The van der Waals surface area contributed by atoms with E-state index in [0.29, 0.717) is 5.56 Å². The number of carbonyl (C=O) groups excluding carboxylic acids is 4. The van der Waals surface area contributed by atoms with Crippen LogP contribution in [0.25, 0.3) is 0 Å². The van der Waals surface area contributed by atoms with Gasteiger partial charge in [0.2, 0.25) is 0 Å². The number of benzene rings is 1. The smallest absolute Gasteiger partial charge is 0.317 e. The lowest BCUT2D eigenvalue weighted by Crippen LogP contribution is -2.40. The van der Waals surface area contributed by atoms with E-state index in [1.165, 1.54) is 38.1 Å². The average molecular weight is 364 g/mol. The second-order valence-corrected chi connectivity index (χ2v) is 5.80. The van der Waals surface area contributed by atoms with Crippen molar-refractivity contribution in [1.29, 1.82) is 0 Å². The van der Waals surface area contributed by atoms with Crippen molar-refractivity contribution in [1.82, 2.24) is 0 Å². The summed E-state index contributed by atoms with van der Waals surface area (Å²) in [6.07, 6.45) is 0. The zero-order valence-electron chi connectivity index (χ0n) is 15.4. The standard InChI is InChI=1S/C19H24O7/c1-5-25-18(23)15(11(3)20)17(13-7-9-14(22)10-8-13)16(12(4)21)19(24)26-6-2/h7-10,15-17,22H,5-6H2,1-4H3/t15-,16+,17?. The van der Waals surface area contributed by atoms with Crippen molar-refractivity contribution in [2.75, 3.05) is 13.2 Å². The molecule has 1 unspecified atom stereocenters. The molecule has 7 heteroatoms. The molecule has 0 heterocycles. The van der Waals surface area contributed by atoms with Crippen LogP contribution in [0, 0.1) is 11.8 Å². The minimum Gasteiger partial charge on any atom is -0.508 e. The Balaban J connectivity index is 3.55. The van der Waals surface area contributed by atoms with Crippen LogP contribution in [0.15, 0.2) is 24.3 Å². The third kappa shape index (κ3) is 5.15. The molecule has 1 aromatic carbocycles. The van der Waals surface area contributed by atoms with Crippen LogP contribution >= 0.6 is 0 Å². The number of hydrogen-bond donors (Lipinski definition) is 1. The van der Waals surface area contributed by atoms with E-state index in [0.717, 1.165) is 0 Å². The van der Waals surface area contributed by atoms with Crippen LogP contribution in [-0.2, 0) is 28.7 Å². The Morgan fingerprint density at radius 1 is 0.846 bits per heavy atom. The Kier molecular flexibility index (Phi) is 7.96. The minimum atomic E-state index is -1.35. The molecule has 7 nitrogen and oxygen atoms in total. The molecule has 3 atom stereocenters. The van der Waals surface area contributed by atoms with Crippen LogP contribution in [0.4, 0.5) is 0 Å². The maximum absolute atomic E-state index is 12.4. The molecular weight excluding hydrogens is 340 g/mol. The van der Waals surface area contributed by atoms with Gasteiger partial charge in [-0.15, -0.1) is 0 Å². The highest BCUT2D eigenvalue weighted by Crippen LogP contribution is 2.36. The van der Waals surface area contributed by atoms with Gasteiger partial charge >= 0.3 is 11.9 Å². The molecule has 0 fully saturated rings. The first-order chi connectivity index (χ1) is 12.2. The largest absolute Gasteiger partial charge is 0.508 e. The predicted molar refractivity (Wildman–Crippen MR) is 92.5 cm³/mol. The fourth-order valence-corrected chi connectivity index (χ4v) is 2.87. The average Bonchev–Trinajstić information content (AvgIpc) is 2.55. The molecule has 0 aliphatic carbocycles. The van der Waals surface area contributed by atoms with Gasteiger partial charge in [-0.1, -0.05) is 12.1 Å². The summed E-state index contributed by atoms with van der Waals surface area (Å²) in [6.45, 7) is 5.70. The van der Waals surface area contributed by atoms with Gasteiger partial charge in [-0.05, 0) is 45.4 Å². The van der Waals surface area contributed by atoms with Gasteiger partial charge in [-0.25, -0.2) is 0 Å². The molecule has 0 saturated carbocycles. The lowest BCUT2D eigenvalue weighted by molar-refractivity contribution is -0.157. The summed E-state index contributed by atoms with van der Waals surface area (Å²) in [5.41, 5.74) is 0.379. The van der Waals surface area contributed by atoms with E-state index in [9.17, 15) is 24.3 Å². The van der Waals surface area contributed by atoms with Crippen molar-refractivity contribution < 1.29 is 33.8 Å². The Morgan fingerprint density at radius 3 is 1.54 bits per heavy atom. The topological polar surface area (TPSA) is 107 Å². The summed E-state index contributed by atoms with van der Waals surface area (Å²) < 4.78 is 9.98. The Bertz CT molecular complexity index is 627. The number of phenols is 1. The molecule has 0 amide bonds. The molecule has 1 aromatic rings. The van der Waals surface area contributed by atoms with Crippen LogP contribution in [-0.4, -0.2) is 41.8 Å². The summed E-state index contributed by atoms with van der Waals surface area (Å²) in [5, 5.41) is 9.50. The molecular formula is C19H24O7. The molecule has 0 spiro atoms. The molecule has 1 rings (SSSR count). The summed E-state index contributed by atoms with van der Waals surface area (Å²) in [5.74, 6) is -6.51. The highest BCUT2D eigenvalue weighted by Gasteiger charge is 2.45. The zero-order valence-corrected chi connectivity index (χ0v) is 15.4. The third-order valence-electron chi connectivity index (χ3n) is 3.95. The lowest BCUT2D eigenvalue weighted by Gasteiger charge is -2.29. The SMILES string of the molecule is CCOC(=O)[C@@H](C(C)=O)C(c1ccc(O)cc1)[C@@H](C(C)=O)C(=O)OCC. The van der Waals surface area contributed by atoms with Crippen molar-refractivity contribution in [3.05, 3.63) is 29.8 Å². The molecule has 0 aromatic heterocycles. The van der Waals surface area contributed by atoms with Gasteiger partial charge in [0.1, 0.15) is 29.2 Å². The fraction of sp³-hybridized carbons (Fsp3) is 0.474. The fourth-order valence-electron chi connectivity index (χ4n) is 2.87. The van der Waals surface area contributed by atoms with Gasteiger partial charge in [-0.3, -0.25) is 19.2 Å². The highest BCUT2D eigenvalue weighted by atomic mass is 16.5. The van der Waals surface area contributed by atoms with Crippen molar-refractivity contribution >= 4 is 23.5 Å². The van der Waals surface area contributed by atoms with Crippen molar-refractivity contribution in [2.45, 2.75) is 33.6 Å². The van der Waals surface area contributed by atoms with Gasteiger partial charge in [0.05, 0.1) is 13.2 Å². The molecule has 0 aliphatic rings. The number of ketones is 2. The quantitative estimate of drug-likeness (QED) is 0.527. The van der Waals surface area contributed by atoms with Gasteiger partial charge in [-0.2, -0.15) is 0 Å². The van der Waals surface area contributed by atoms with E-state index < -0.39 is 41.3 Å². The number of rotatable bonds is 9. The summed E-state index contributed by atoms with van der Waals surface area (Å²) in [7, 11) is 0. The maximum Gasteiger partial charge on any atom is 0.317 e. The van der Waals surface area contributed by atoms with Crippen LogP contribution in [0.5, 0.6) is 5.75 Å². The first-order valence-corrected chi connectivity index (χ1v) is 8.37. The highest BCUT2D eigenvalue weighted by molar-refractivity contribution is 6.04. The molecule has 0 aliphatic heterocycles. The number of esters is 2. The normalized spacial score (nSPS) is 14.0. The van der Waals surface area contributed by atoms with E-state index in [2.05, 4.69) is 0 Å². The van der Waals surface area contributed by atoms with E-state index in [-0.39, 0.29) is 19.0 Å². The van der Waals surface area contributed by atoms with Crippen LogP contribution in [0.1, 0.15) is 39.2 Å². The van der Waals surface area contributed by atoms with Gasteiger partial charge in [0.25, 0.3) is 0 Å². The molecule has 1 N–H and O–H groups in total. The molecule has 0 radical (unpaired) electrons. The summed E-state index contributed by atoms with van der Waals surface area (Å²) in [4.78, 5) is 49.3. The van der Waals surface area contributed by atoms with E-state index in [1.807, 2.05) is 0 Å². The monoisotopic (exact) mass is 364 g/mol. The van der Waals surface area contributed by atoms with E-state index in [1.54, 1.807) is 13.8 Å². The van der Waals surface area contributed by atoms with Gasteiger partial charge in [0, 0.05) is 5.92 Å².